The van der Waals surface area contributed by atoms with Gasteiger partial charge in [0.05, 0.1) is 5.41 Å². The van der Waals surface area contributed by atoms with E-state index in [1.54, 1.807) is 0 Å². The first-order valence-electron chi connectivity index (χ1n) is 8.11. The summed E-state index contributed by atoms with van der Waals surface area (Å²) in [5, 5.41) is 3.54. The van der Waals surface area contributed by atoms with Crippen LogP contribution in [0.1, 0.15) is 60.3 Å². The van der Waals surface area contributed by atoms with Gasteiger partial charge in [-0.1, -0.05) is 33.3 Å². The van der Waals surface area contributed by atoms with E-state index >= 15 is 0 Å². The zero-order chi connectivity index (χ0) is 16.2. The van der Waals surface area contributed by atoms with Crippen LogP contribution < -0.4 is 5.32 Å². The molecule has 3 nitrogen and oxygen atoms in total. The summed E-state index contributed by atoms with van der Waals surface area (Å²) in [5.41, 5.74) is -0.431. The van der Waals surface area contributed by atoms with Gasteiger partial charge in [-0.25, -0.2) is 0 Å². The maximum atomic E-state index is 12.9. The molecule has 0 saturated carbocycles. The SMILES string of the molecule is C=CCC1(C(C)CCC)C(=O)NC(=S)N(C(C)C)C1CC. The molecule has 3 atom stereocenters. The Hall–Kier alpha value is -0.900. The Morgan fingerprint density at radius 3 is 2.48 bits per heavy atom. The number of nitrogens with one attached hydrogen (secondary N) is 1. The maximum absolute atomic E-state index is 12.9. The molecule has 0 radical (unpaired) electrons. The van der Waals surface area contributed by atoms with Crippen LogP contribution in [-0.4, -0.2) is 28.0 Å². The minimum Gasteiger partial charge on any atom is -0.342 e. The number of rotatable bonds is 7. The van der Waals surface area contributed by atoms with E-state index in [2.05, 4.69) is 51.4 Å². The zero-order valence-electron chi connectivity index (χ0n) is 14.1. The van der Waals surface area contributed by atoms with Gasteiger partial charge < -0.3 is 10.2 Å². The van der Waals surface area contributed by atoms with Crippen LogP contribution in [0.2, 0.25) is 0 Å². The Kier molecular flexibility index (Phi) is 6.39. The fourth-order valence-corrected chi connectivity index (χ4v) is 4.32. The van der Waals surface area contributed by atoms with Gasteiger partial charge in [0, 0.05) is 12.1 Å². The number of carbonyl (C=O) groups is 1. The van der Waals surface area contributed by atoms with Gasteiger partial charge in [-0.2, -0.15) is 0 Å². The molecule has 1 saturated heterocycles. The lowest BCUT2D eigenvalue weighted by Gasteiger charge is -2.53. The van der Waals surface area contributed by atoms with E-state index < -0.39 is 5.41 Å². The van der Waals surface area contributed by atoms with Crippen LogP contribution >= 0.6 is 12.2 Å². The normalized spacial score (nSPS) is 27.7. The van der Waals surface area contributed by atoms with Crippen molar-refractivity contribution in [3.63, 3.8) is 0 Å². The van der Waals surface area contributed by atoms with Crippen molar-refractivity contribution in [3.8, 4) is 0 Å². The van der Waals surface area contributed by atoms with Crippen LogP contribution in [-0.2, 0) is 4.79 Å². The average molecular weight is 311 g/mol. The van der Waals surface area contributed by atoms with Crippen molar-refractivity contribution in [2.24, 2.45) is 11.3 Å². The molecule has 4 heteroatoms. The largest absolute Gasteiger partial charge is 0.342 e. The summed E-state index contributed by atoms with van der Waals surface area (Å²) in [5.74, 6) is 0.381. The van der Waals surface area contributed by atoms with Gasteiger partial charge in [-0.15, -0.1) is 6.58 Å². The number of hydrogen-bond donors (Lipinski definition) is 1. The highest BCUT2D eigenvalue weighted by Gasteiger charge is 2.54. The Morgan fingerprint density at radius 2 is 2.05 bits per heavy atom. The monoisotopic (exact) mass is 310 g/mol. The third-order valence-electron chi connectivity index (χ3n) is 4.83. The Morgan fingerprint density at radius 1 is 1.43 bits per heavy atom. The van der Waals surface area contributed by atoms with E-state index in [1.165, 1.54) is 0 Å². The molecule has 1 amide bonds. The molecule has 1 N–H and O–H groups in total. The highest BCUT2D eigenvalue weighted by molar-refractivity contribution is 7.80. The van der Waals surface area contributed by atoms with Crippen molar-refractivity contribution in [3.05, 3.63) is 12.7 Å². The quantitative estimate of drug-likeness (QED) is 0.572. The smallest absolute Gasteiger partial charge is 0.235 e. The molecule has 1 aliphatic rings. The van der Waals surface area contributed by atoms with Gasteiger partial charge >= 0.3 is 0 Å². The van der Waals surface area contributed by atoms with Gasteiger partial charge in [0.1, 0.15) is 0 Å². The van der Waals surface area contributed by atoms with Crippen LogP contribution in [0, 0.1) is 11.3 Å². The van der Waals surface area contributed by atoms with Crippen LogP contribution in [0.15, 0.2) is 12.7 Å². The number of thiocarbonyl (C=S) groups is 1. The number of carbonyl (C=O) groups excluding carboxylic acids is 1. The summed E-state index contributed by atoms with van der Waals surface area (Å²) in [7, 11) is 0. The molecule has 0 aliphatic carbocycles. The molecule has 0 spiro atoms. The summed E-state index contributed by atoms with van der Waals surface area (Å²) in [6.07, 6.45) is 5.62. The summed E-state index contributed by atoms with van der Waals surface area (Å²) in [6, 6.07) is 0.416. The summed E-state index contributed by atoms with van der Waals surface area (Å²) in [4.78, 5) is 15.1. The number of amides is 1. The molecule has 0 aromatic heterocycles. The fourth-order valence-electron chi connectivity index (χ4n) is 3.89. The minimum atomic E-state index is -0.431. The van der Waals surface area contributed by atoms with Crippen LogP contribution in [0.4, 0.5) is 0 Å². The lowest BCUT2D eigenvalue weighted by atomic mass is 9.63. The molecule has 21 heavy (non-hydrogen) atoms. The third kappa shape index (κ3) is 3.15. The summed E-state index contributed by atoms with van der Waals surface area (Å²) in [6.45, 7) is 14.7. The van der Waals surface area contributed by atoms with E-state index in [9.17, 15) is 4.79 Å². The molecule has 1 fully saturated rings. The number of nitrogens with zero attached hydrogens (tertiary/aromatic N) is 1. The van der Waals surface area contributed by atoms with Crippen LogP contribution in [0.25, 0.3) is 0 Å². The summed E-state index contributed by atoms with van der Waals surface area (Å²) < 4.78 is 0. The predicted octanol–water partition coefficient (Wildman–Crippen LogP) is 3.89. The third-order valence-corrected chi connectivity index (χ3v) is 5.15. The highest BCUT2D eigenvalue weighted by Crippen LogP contribution is 2.45. The average Bonchev–Trinajstić information content (AvgIpc) is 2.40. The molecule has 1 aliphatic heterocycles. The van der Waals surface area contributed by atoms with Crippen molar-refractivity contribution in [2.45, 2.75) is 72.4 Å². The van der Waals surface area contributed by atoms with E-state index in [1.807, 2.05) is 6.08 Å². The summed E-state index contributed by atoms with van der Waals surface area (Å²) >= 11 is 5.43. The Labute approximate surface area is 135 Å². The van der Waals surface area contributed by atoms with Gasteiger partial charge in [-0.05, 0) is 51.2 Å². The Balaban J connectivity index is 3.37. The van der Waals surface area contributed by atoms with Crippen LogP contribution in [0.5, 0.6) is 0 Å². The Bertz CT molecular complexity index is 408. The van der Waals surface area contributed by atoms with E-state index in [-0.39, 0.29) is 18.0 Å². The first-order chi connectivity index (χ1) is 9.86. The first kappa shape index (κ1) is 18.1. The fraction of sp³-hybridized carbons (Fsp3) is 0.765. The van der Waals surface area contributed by atoms with Crippen molar-refractivity contribution >= 4 is 23.2 Å². The van der Waals surface area contributed by atoms with E-state index in [0.29, 0.717) is 17.5 Å². The second-order valence-corrected chi connectivity index (χ2v) is 6.79. The van der Waals surface area contributed by atoms with E-state index in [0.717, 1.165) is 19.3 Å². The molecular weight excluding hydrogens is 280 g/mol. The highest BCUT2D eigenvalue weighted by atomic mass is 32.1. The van der Waals surface area contributed by atoms with Crippen molar-refractivity contribution in [1.82, 2.24) is 10.2 Å². The maximum Gasteiger partial charge on any atom is 0.235 e. The molecule has 0 bridgehead atoms. The lowest BCUT2D eigenvalue weighted by Crippen LogP contribution is -2.68. The van der Waals surface area contributed by atoms with Crippen LogP contribution in [0.3, 0.4) is 0 Å². The predicted molar refractivity (Wildman–Crippen MR) is 93.1 cm³/mol. The zero-order valence-corrected chi connectivity index (χ0v) is 14.9. The topological polar surface area (TPSA) is 32.3 Å². The molecule has 120 valence electrons. The van der Waals surface area contributed by atoms with E-state index in [4.69, 9.17) is 12.2 Å². The minimum absolute atomic E-state index is 0.0806. The molecule has 3 unspecified atom stereocenters. The molecule has 0 aromatic carbocycles. The van der Waals surface area contributed by atoms with Gasteiger partial charge in [0.15, 0.2) is 5.11 Å². The molecular formula is C17H30N2OS. The van der Waals surface area contributed by atoms with Crippen molar-refractivity contribution in [1.29, 1.82) is 0 Å². The molecule has 1 rings (SSSR count). The molecule has 1 heterocycles. The second-order valence-electron chi connectivity index (χ2n) is 6.41. The number of allylic oxidation sites excluding steroid dienone is 1. The number of hydrogen-bond acceptors (Lipinski definition) is 2. The second kappa shape index (κ2) is 7.39. The lowest BCUT2D eigenvalue weighted by molar-refractivity contribution is -0.140. The van der Waals surface area contributed by atoms with Gasteiger partial charge in [0.25, 0.3) is 0 Å². The van der Waals surface area contributed by atoms with Crippen molar-refractivity contribution in [2.75, 3.05) is 0 Å². The molecule has 0 aromatic rings. The van der Waals surface area contributed by atoms with Crippen molar-refractivity contribution < 1.29 is 4.79 Å². The van der Waals surface area contributed by atoms with Gasteiger partial charge in [0.2, 0.25) is 5.91 Å². The standard InChI is InChI=1S/C17H30N2OS/c1-7-10-13(6)17(11-8-2)14(9-3)19(12(4)5)16(21)18-15(17)20/h8,12-14H,2,7,9-11H2,1,3-6H3,(H,18,20,21). The van der Waals surface area contributed by atoms with Gasteiger partial charge in [-0.3, -0.25) is 4.79 Å². The first-order valence-corrected chi connectivity index (χ1v) is 8.52.